The summed E-state index contributed by atoms with van der Waals surface area (Å²) in [5.74, 6) is -0.970. The molecule has 0 fully saturated rings. The molecule has 5 aromatic rings. The summed E-state index contributed by atoms with van der Waals surface area (Å²) < 4.78 is 1.98. The molecule has 0 saturated carbocycles. The van der Waals surface area contributed by atoms with E-state index in [1.807, 2.05) is 71.3 Å². The van der Waals surface area contributed by atoms with Crippen molar-refractivity contribution in [2.45, 2.75) is 12.6 Å². The molecule has 0 spiro atoms. The molecule has 2 N–H and O–H groups in total. The van der Waals surface area contributed by atoms with Crippen molar-refractivity contribution >= 4 is 34.4 Å². The van der Waals surface area contributed by atoms with Crippen molar-refractivity contribution in [2.75, 3.05) is 11.9 Å². The molecule has 4 aromatic carbocycles. The maximum Gasteiger partial charge on any atom is 0.255 e. The van der Waals surface area contributed by atoms with Gasteiger partial charge in [-0.15, -0.1) is 0 Å². The standard InChI is InChI=1S/C31H25N5O3/c37-28(34-22-14-16-23(17-15-22)36-20-33-26-12-6-7-13-27(26)36)18-32-30(38)29-24-10-4-5-11-25(24)31(39)35(29)19-21-8-2-1-3-9-21/h1-17,20,29H,18-19H2,(H,32,38)(H,34,37). The van der Waals surface area contributed by atoms with Gasteiger partial charge in [0.2, 0.25) is 11.8 Å². The van der Waals surface area contributed by atoms with Crippen molar-refractivity contribution in [3.8, 4) is 5.69 Å². The third kappa shape index (κ3) is 4.75. The van der Waals surface area contributed by atoms with Crippen LogP contribution in [-0.4, -0.2) is 38.7 Å². The molecule has 39 heavy (non-hydrogen) atoms. The second kappa shape index (κ2) is 10.3. The smallest absolute Gasteiger partial charge is 0.255 e. The fourth-order valence-electron chi connectivity index (χ4n) is 4.94. The highest BCUT2D eigenvalue weighted by molar-refractivity contribution is 6.05. The zero-order chi connectivity index (χ0) is 26.8. The van der Waals surface area contributed by atoms with Gasteiger partial charge in [0.1, 0.15) is 12.4 Å². The predicted octanol–water partition coefficient (Wildman–Crippen LogP) is 4.48. The Hall–Kier alpha value is -5.24. The van der Waals surface area contributed by atoms with Crippen LogP contribution in [0.3, 0.4) is 0 Å². The third-order valence-electron chi connectivity index (χ3n) is 6.81. The van der Waals surface area contributed by atoms with Crippen molar-refractivity contribution in [1.82, 2.24) is 19.8 Å². The van der Waals surface area contributed by atoms with E-state index in [-0.39, 0.29) is 24.9 Å². The Balaban J connectivity index is 1.12. The quantitative estimate of drug-likeness (QED) is 0.334. The van der Waals surface area contributed by atoms with Crippen molar-refractivity contribution in [3.05, 3.63) is 126 Å². The fourth-order valence-corrected chi connectivity index (χ4v) is 4.94. The van der Waals surface area contributed by atoms with Gasteiger partial charge in [-0.05, 0) is 53.6 Å². The number of carbonyl (C=O) groups excluding carboxylic acids is 3. The predicted molar refractivity (Wildman–Crippen MR) is 148 cm³/mol. The fraction of sp³-hybridized carbons (Fsp3) is 0.0968. The molecule has 0 bridgehead atoms. The van der Waals surface area contributed by atoms with Crippen LogP contribution in [-0.2, 0) is 16.1 Å². The van der Waals surface area contributed by atoms with Crippen LogP contribution in [0, 0.1) is 0 Å². The Kier molecular flexibility index (Phi) is 6.34. The van der Waals surface area contributed by atoms with E-state index in [2.05, 4.69) is 15.6 Å². The highest BCUT2D eigenvalue weighted by atomic mass is 16.2. The van der Waals surface area contributed by atoms with Crippen LogP contribution in [0.4, 0.5) is 5.69 Å². The molecule has 1 unspecified atom stereocenters. The summed E-state index contributed by atoms with van der Waals surface area (Å²) in [6.45, 7) is 0.0654. The summed E-state index contributed by atoms with van der Waals surface area (Å²) in [6.07, 6.45) is 1.76. The van der Waals surface area contributed by atoms with Crippen molar-refractivity contribution in [2.24, 2.45) is 0 Å². The molecule has 6 rings (SSSR count). The summed E-state index contributed by atoms with van der Waals surface area (Å²) in [4.78, 5) is 45.1. The maximum absolute atomic E-state index is 13.3. The number of benzene rings is 4. The Morgan fingerprint density at radius 2 is 1.54 bits per heavy atom. The first-order valence-electron chi connectivity index (χ1n) is 12.6. The molecule has 192 valence electrons. The highest BCUT2D eigenvalue weighted by Crippen LogP contribution is 2.35. The van der Waals surface area contributed by atoms with Gasteiger partial charge in [-0.2, -0.15) is 0 Å². The Morgan fingerprint density at radius 1 is 0.821 bits per heavy atom. The normalized spacial score (nSPS) is 14.3. The number of fused-ring (bicyclic) bond motifs is 2. The first-order valence-corrected chi connectivity index (χ1v) is 12.6. The van der Waals surface area contributed by atoms with E-state index in [1.54, 1.807) is 47.6 Å². The number of hydrogen-bond donors (Lipinski definition) is 2. The number of aromatic nitrogens is 2. The van der Waals surface area contributed by atoms with E-state index in [9.17, 15) is 14.4 Å². The van der Waals surface area contributed by atoms with Gasteiger partial charge in [-0.3, -0.25) is 19.0 Å². The Morgan fingerprint density at radius 3 is 2.36 bits per heavy atom. The van der Waals surface area contributed by atoms with Crippen LogP contribution in [0.5, 0.6) is 0 Å². The monoisotopic (exact) mass is 515 g/mol. The summed E-state index contributed by atoms with van der Waals surface area (Å²) in [5, 5.41) is 5.54. The zero-order valence-corrected chi connectivity index (χ0v) is 21.0. The molecule has 1 atom stereocenters. The molecule has 8 heteroatoms. The molecule has 0 aliphatic carbocycles. The van der Waals surface area contributed by atoms with Crippen LogP contribution >= 0.6 is 0 Å². The van der Waals surface area contributed by atoms with Gasteiger partial charge in [0, 0.05) is 23.5 Å². The van der Waals surface area contributed by atoms with E-state index in [4.69, 9.17) is 0 Å². The van der Waals surface area contributed by atoms with Crippen molar-refractivity contribution in [3.63, 3.8) is 0 Å². The van der Waals surface area contributed by atoms with E-state index in [0.717, 1.165) is 22.3 Å². The molecule has 0 saturated heterocycles. The van der Waals surface area contributed by atoms with Gasteiger partial charge in [0.05, 0.1) is 17.6 Å². The molecule has 3 amide bonds. The SMILES string of the molecule is O=C(CNC(=O)C1c2ccccc2C(=O)N1Cc1ccccc1)Nc1ccc(-n2cnc3ccccc32)cc1. The molecule has 8 nitrogen and oxygen atoms in total. The number of anilines is 1. The minimum atomic E-state index is -0.814. The Labute approximate surface area is 224 Å². The lowest BCUT2D eigenvalue weighted by molar-refractivity contribution is -0.127. The van der Waals surface area contributed by atoms with Crippen LogP contribution in [0.25, 0.3) is 16.7 Å². The molecule has 2 heterocycles. The molecule has 0 radical (unpaired) electrons. The van der Waals surface area contributed by atoms with Crippen LogP contribution < -0.4 is 10.6 Å². The number of nitrogens with zero attached hydrogens (tertiary/aromatic N) is 3. The minimum Gasteiger partial charge on any atom is -0.345 e. The molecular formula is C31H25N5O3. The molecular weight excluding hydrogens is 490 g/mol. The highest BCUT2D eigenvalue weighted by Gasteiger charge is 2.40. The first kappa shape index (κ1) is 24.1. The van der Waals surface area contributed by atoms with Gasteiger partial charge < -0.3 is 15.5 Å². The number of rotatable bonds is 7. The topological polar surface area (TPSA) is 96.3 Å². The number of amides is 3. The molecule has 1 aromatic heterocycles. The lowest BCUT2D eigenvalue weighted by Crippen LogP contribution is -2.41. The average Bonchev–Trinajstić information content (AvgIpc) is 3.52. The summed E-state index contributed by atoms with van der Waals surface area (Å²) in [6, 6.07) is 31.1. The van der Waals surface area contributed by atoms with E-state index in [0.29, 0.717) is 16.8 Å². The zero-order valence-electron chi connectivity index (χ0n) is 21.0. The number of carbonyl (C=O) groups is 3. The number of para-hydroxylation sites is 2. The lowest BCUT2D eigenvalue weighted by Gasteiger charge is -2.24. The van der Waals surface area contributed by atoms with Gasteiger partial charge in [0.25, 0.3) is 5.91 Å². The summed E-state index contributed by atoms with van der Waals surface area (Å²) >= 11 is 0. The second-order valence-corrected chi connectivity index (χ2v) is 9.32. The van der Waals surface area contributed by atoms with Crippen molar-refractivity contribution < 1.29 is 14.4 Å². The number of imidazole rings is 1. The van der Waals surface area contributed by atoms with Crippen LogP contribution in [0.15, 0.2) is 109 Å². The minimum absolute atomic E-state index is 0.204. The molecule has 1 aliphatic rings. The Bertz CT molecular complexity index is 1680. The van der Waals surface area contributed by atoms with Gasteiger partial charge in [-0.1, -0.05) is 60.7 Å². The first-order chi connectivity index (χ1) is 19.1. The molecule has 1 aliphatic heterocycles. The van der Waals surface area contributed by atoms with Crippen LogP contribution in [0.2, 0.25) is 0 Å². The van der Waals surface area contributed by atoms with Gasteiger partial charge >= 0.3 is 0 Å². The number of hydrogen-bond acceptors (Lipinski definition) is 4. The van der Waals surface area contributed by atoms with E-state index < -0.39 is 11.9 Å². The van der Waals surface area contributed by atoms with Gasteiger partial charge in [0.15, 0.2) is 0 Å². The largest absolute Gasteiger partial charge is 0.345 e. The van der Waals surface area contributed by atoms with Crippen LogP contribution in [0.1, 0.15) is 27.5 Å². The third-order valence-corrected chi connectivity index (χ3v) is 6.81. The lowest BCUT2D eigenvalue weighted by atomic mass is 10.0. The summed E-state index contributed by atoms with van der Waals surface area (Å²) in [5.41, 5.74) is 5.47. The number of nitrogens with one attached hydrogen (secondary N) is 2. The van der Waals surface area contributed by atoms with E-state index in [1.165, 1.54) is 0 Å². The summed E-state index contributed by atoms with van der Waals surface area (Å²) in [7, 11) is 0. The van der Waals surface area contributed by atoms with Crippen molar-refractivity contribution in [1.29, 1.82) is 0 Å². The maximum atomic E-state index is 13.3. The average molecular weight is 516 g/mol. The second-order valence-electron chi connectivity index (χ2n) is 9.32. The van der Waals surface area contributed by atoms with Gasteiger partial charge in [-0.25, -0.2) is 4.98 Å². The van der Waals surface area contributed by atoms with E-state index >= 15 is 0 Å².